The van der Waals surface area contributed by atoms with Crippen molar-refractivity contribution in [3.8, 4) is 11.5 Å². The minimum atomic E-state index is -0.379. The Bertz CT molecular complexity index is 1290. The highest BCUT2D eigenvalue weighted by Gasteiger charge is 2.28. The third-order valence-corrected chi connectivity index (χ3v) is 6.19. The lowest BCUT2D eigenvalue weighted by Gasteiger charge is -2.34. The van der Waals surface area contributed by atoms with Gasteiger partial charge >= 0.3 is 5.97 Å². The average molecular weight is 448 g/mol. The lowest BCUT2D eigenvalue weighted by Crippen LogP contribution is -2.33. The number of hydrogen-bond donors (Lipinski definition) is 1. The SMILES string of the molecule is COC(=O)c1ccc(-c2nc(CN3CCCC[C@@H]3c3nc4ccc(F)cc4[nH]3)c(C)o2)cc1. The Balaban J connectivity index is 1.38. The summed E-state index contributed by atoms with van der Waals surface area (Å²) < 4.78 is 24.3. The molecule has 1 aliphatic rings. The maximum absolute atomic E-state index is 13.6. The molecule has 0 saturated carbocycles. The molecule has 1 saturated heterocycles. The van der Waals surface area contributed by atoms with Crippen LogP contribution in [0.2, 0.25) is 0 Å². The van der Waals surface area contributed by atoms with Crippen LogP contribution < -0.4 is 0 Å². The minimum Gasteiger partial charge on any atom is -0.465 e. The molecule has 1 atom stereocenters. The molecule has 1 aliphatic heterocycles. The molecule has 0 radical (unpaired) electrons. The molecule has 1 N–H and O–H groups in total. The Hall–Kier alpha value is -3.52. The third kappa shape index (κ3) is 4.26. The molecule has 2 aromatic carbocycles. The zero-order valence-electron chi connectivity index (χ0n) is 18.6. The number of aromatic nitrogens is 3. The quantitative estimate of drug-likeness (QED) is 0.424. The molecule has 0 aliphatic carbocycles. The number of aryl methyl sites for hydroxylation is 1. The van der Waals surface area contributed by atoms with E-state index in [4.69, 9.17) is 19.1 Å². The number of benzene rings is 2. The molecular formula is C25H25FN4O3. The Kier molecular flexibility index (Phi) is 5.68. The maximum Gasteiger partial charge on any atom is 0.337 e. The van der Waals surface area contributed by atoms with Crippen LogP contribution >= 0.6 is 0 Å². The van der Waals surface area contributed by atoms with Crippen LogP contribution in [0.15, 0.2) is 46.9 Å². The van der Waals surface area contributed by atoms with Crippen molar-refractivity contribution < 1.29 is 18.3 Å². The van der Waals surface area contributed by atoms with Gasteiger partial charge in [-0.05, 0) is 68.8 Å². The van der Waals surface area contributed by atoms with E-state index in [0.29, 0.717) is 23.5 Å². The zero-order valence-corrected chi connectivity index (χ0v) is 18.6. The van der Waals surface area contributed by atoms with Crippen molar-refractivity contribution in [3.63, 3.8) is 0 Å². The van der Waals surface area contributed by atoms with Crippen molar-refractivity contribution in [2.75, 3.05) is 13.7 Å². The molecule has 7 nitrogen and oxygen atoms in total. The fourth-order valence-corrected chi connectivity index (χ4v) is 4.41. The van der Waals surface area contributed by atoms with Gasteiger partial charge in [0.25, 0.3) is 0 Å². The van der Waals surface area contributed by atoms with Crippen LogP contribution in [0.4, 0.5) is 4.39 Å². The summed E-state index contributed by atoms with van der Waals surface area (Å²) in [6.45, 7) is 3.47. The summed E-state index contributed by atoms with van der Waals surface area (Å²) in [7, 11) is 1.36. The second-order valence-corrected chi connectivity index (χ2v) is 8.36. The molecule has 5 rings (SSSR count). The average Bonchev–Trinajstić information content (AvgIpc) is 3.42. The number of carbonyl (C=O) groups is 1. The normalized spacial score (nSPS) is 16.9. The number of nitrogens with one attached hydrogen (secondary N) is 1. The van der Waals surface area contributed by atoms with E-state index in [1.54, 1.807) is 30.3 Å². The summed E-state index contributed by atoms with van der Waals surface area (Å²) in [6, 6.07) is 11.7. The number of carbonyl (C=O) groups excluding carboxylic acids is 1. The molecule has 4 aromatic rings. The molecule has 0 spiro atoms. The number of likely N-dealkylation sites (tertiary alicyclic amines) is 1. The minimum absolute atomic E-state index is 0.105. The molecule has 2 aromatic heterocycles. The number of halogens is 1. The first-order chi connectivity index (χ1) is 16.0. The Morgan fingerprint density at radius 1 is 1.21 bits per heavy atom. The highest BCUT2D eigenvalue weighted by atomic mass is 19.1. The smallest absolute Gasteiger partial charge is 0.337 e. The first kappa shape index (κ1) is 21.3. The van der Waals surface area contributed by atoms with Gasteiger partial charge in [-0.25, -0.2) is 19.2 Å². The van der Waals surface area contributed by atoms with Crippen LogP contribution in [-0.2, 0) is 11.3 Å². The van der Waals surface area contributed by atoms with Crippen molar-refractivity contribution in [2.24, 2.45) is 0 Å². The number of hydrogen-bond acceptors (Lipinski definition) is 6. The Morgan fingerprint density at radius 2 is 2.03 bits per heavy atom. The summed E-state index contributed by atoms with van der Waals surface area (Å²) in [5, 5.41) is 0. The van der Waals surface area contributed by atoms with Gasteiger partial charge < -0.3 is 14.1 Å². The molecule has 8 heteroatoms. The van der Waals surface area contributed by atoms with E-state index in [1.165, 1.54) is 19.2 Å². The summed E-state index contributed by atoms with van der Waals surface area (Å²) in [4.78, 5) is 26.8. The number of esters is 1. The van der Waals surface area contributed by atoms with Crippen molar-refractivity contribution in [3.05, 3.63) is 71.1 Å². The topological polar surface area (TPSA) is 84.2 Å². The van der Waals surface area contributed by atoms with E-state index in [1.807, 2.05) is 6.92 Å². The lowest BCUT2D eigenvalue weighted by molar-refractivity contribution is 0.0600. The van der Waals surface area contributed by atoms with E-state index >= 15 is 0 Å². The van der Waals surface area contributed by atoms with Gasteiger partial charge in [-0.1, -0.05) is 6.42 Å². The Morgan fingerprint density at radius 3 is 2.82 bits per heavy atom. The third-order valence-electron chi connectivity index (χ3n) is 6.19. The van der Waals surface area contributed by atoms with E-state index in [9.17, 15) is 9.18 Å². The number of methoxy groups -OCH3 is 1. The molecule has 1 fully saturated rings. The van der Waals surface area contributed by atoms with Crippen molar-refractivity contribution in [1.82, 2.24) is 19.9 Å². The Labute approximate surface area is 190 Å². The molecule has 0 unspecified atom stereocenters. The van der Waals surface area contributed by atoms with Crippen molar-refractivity contribution >= 4 is 17.0 Å². The highest BCUT2D eigenvalue weighted by Crippen LogP contribution is 2.33. The molecule has 3 heterocycles. The molecule has 33 heavy (non-hydrogen) atoms. The van der Waals surface area contributed by atoms with Crippen LogP contribution in [0.5, 0.6) is 0 Å². The standard InChI is InChI=1S/C25H25FN4O3/c1-15-21(29-24(33-15)16-6-8-17(9-7-16)25(31)32-2)14-30-12-4-3-5-22(30)23-27-19-11-10-18(26)13-20(19)28-23/h6-11,13,22H,3-5,12,14H2,1-2H3,(H,27,28)/t22-/m1/s1. The second kappa shape index (κ2) is 8.78. The van der Waals surface area contributed by atoms with Crippen molar-refractivity contribution in [1.29, 1.82) is 0 Å². The largest absolute Gasteiger partial charge is 0.465 e. The fourth-order valence-electron chi connectivity index (χ4n) is 4.41. The van der Waals surface area contributed by atoms with Gasteiger partial charge in [0.1, 0.15) is 17.4 Å². The van der Waals surface area contributed by atoms with E-state index < -0.39 is 0 Å². The van der Waals surface area contributed by atoms with Crippen LogP contribution in [0, 0.1) is 12.7 Å². The van der Waals surface area contributed by atoms with Crippen LogP contribution in [0.1, 0.15) is 52.9 Å². The number of rotatable bonds is 5. The predicted molar refractivity (Wildman–Crippen MR) is 121 cm³/mol. The summed E-state index contributed by atoms with van der Waals surface area (Å²) in [5.74, 6) is 1.48. The van der Waals surface area contributed by atoms with Gasteiger partial charge in [-0.3, -0.25) is 4.90 Å². The van der Waals surface area contributed by atoms with Gasteiger partial charge in [0.2, 0.25) is 5.89 Å². The number of oxazole rings is 1. The van der Waals surface area contributed by atoms with Gasteiger partial charge in [-0.15, -0.1) is 0 Å². The predicted octanol–water partition coefficient (Wildman–Crippen LogP) is 5.18. The first-order valence-electron chi connectivity index (χ1n) is 11.1. The first-order valence-corrected chi connectivity index (χ1v) is 11.1. The lowest BCUT2D eigenvalue weighted by atomic mass is 10.0. The zero-order chi connectivity index (χ0) is 22.9. The summed E-state index contributed by atoms with van der Waals surface area (Å²) >= 11 is 0. The number of fused-ring (bicyclic) bond motifs is 1. The van der Waals surface area contributed by atoms with Gasteiger partial charge in [-0.2, -0.15) is 0 Å². The monoisotopic (exact) mass is 448 g/mol. The number of piperidine rings is 1. The molecular weight excluding hydrogens is 423 g/mol. The molecule has 0 bridgehead atoms. The van der Waals surface area contributed by atoms with Crippen LogP contribution in [0.25, 0.3) is 22.5 Å². The molecule has 0 amide bonds. The number of nitrogens with zero attached hydrogens (tertiary/aromatic N) is 3. The van der Waals surface area contributed by atoms with Crippen LogP contribution in [0.3, 0.4) is 0 Å². The number of ether oxygens (including phenoxy) is 1. The maximum atomic E-state index is 13.6. The summed E-state index contributed by atoms with van der Waals surface area (Å²) in [6.07, 6.45) is 3.19. The highest BCUT2D eigenvalue weighted by molar-refractivity contribution is 5.89. The van der Waals surface area contributed by atoms with Gasteiger partial charge in [0.05, 0.1) is 35.4 Å². The van der Waals surface area contributed by atoms with E-state index in [-0.39, 0.29) is 17.8 Å². The van der Waals surface area contributed by atoms with E-state index in [0.717, 1.165) is 54.2 Å². The van der Waals surface area contributed by atoms with Gasteiger partial charge in [0, 0.05) is 12.1 Å². The number of imidazole rings is 1. The second-order valence-electron chi connectivity index (χ2n) is 8.36. The fraction of sp³-hybridized carbons (Fsp3) is 0.320. The van der Waals surface area contributed by atoms with Gasteiger partial charge in [0.15, 0.2) is 0 Å². The molecule has 170 valence electrons. The number of aromatic amines is 1. The van der Waals surface area contributed by atoms with E-state index in [2.05, 4.69) is 9.88 Å². The van der Waals surface area contributed by atoms with Crippen LogP contribution in [-0.4, -0.2) is 39.5 Å². The van der Waals surface area contributed by atoms with Crippen molar-refractivity contribution in [2.45, 2.75) is 38.8 Å². The number of H-pyrrole nitrogens is 1. The summed E-state index contributed by atoms with van der Waals surface area (Å²) in [5.41, 5.74) is 3.63.